The summed E-state index contributed by atoms with van der Waals surface area (Å²) in [6, 6.07) is 26.3. The maximum Gasteiger partial charge on any atom is 0.336 e. The minimum absolute atomic E-state index is 0.205. The lowest BCUT2D eigenvalue weighted by atomic mass is 10.1. The lowest BCUT2D eigenvalue weighted by molar-refractivity contribution is -0.128. The highest BCUT2D eigenvalue weighted by Crippen LogP contribution is 2.31. The van der Waals surface area contributed by atoms with E-state index in [-0.39, 0.29) is 5.75 Å². The normalized spacial score (nSPS) is 12.5. The largest absolute Gasteiger partial charge is 0.493 e. The number of esters is 1. The van der Waals surface area contributed by atoms with Gasteiger partial charge in [-0.05, 0) is 66.1 Å². The van der Waals surface area contributed by atoms with Crippen molar-refractivity contribution in [2.24, 2.45) is 0 Å². The number of rotatable bonds is 8. The third-order valence-corrected chi connectivity index (χ3v) is 6.33. The van der Waals surface area contributed by atoms with E-state index in [0.29, 0.717) is 40.5 Å². The summed E-state index contributed by atoms with van der Waals surface area (Å²) in [5, 5.41) is 0. The summed E-state index contributed by atoms with van der Waals surface area (Å²) in [5.41, 5.74) is 3.94. The fraction of sp³-hybridized carbons (Fsp3) is 0.0938. The molecule has 4 aromatic rings. The lowest BCUT2D eigenvalue weighted by Gasteiger charge is -2.14. The van der Waals surface area contributed by atoms with Gasteiger partial charge in [0.15, 0.2) is 11.5 Å². The van der Waals surface area contributed by atoms with Crippen molar-refractivity contribution < 1.29 is 28.6 Å². The number of carbonyl (C=O) groups excluding carboxylic acids is 3. The number of carbonyl (C=O) groups is 3. The van der Waals surface area contributed by atoms with Crippen LogP contribution in [-0.4, -0.2) is 24.9 Å². The topological polar surface area (TPSA) is 82.1 Å². The van der Waals surface area contributed by atoms with Gasteiger partial charge in [-0.3, -0.25) is 9.59 Å². The first-order valence-corrected chi connectivity index (χ1v) is 12.3. The van der Waals surface area contributed by atoms with E-state index in [1.165, 1.54) is 12.1 Å². The van der Waals surface area contributed by atoms with Gasteiger partial charge in [-0.15, -0.1) is 0 Å². The summed E-state index contributed by atoms with van der Waals surface area (Å²) in [7, 11) is 1.55. The van der Waals surface area contributed by atoms with Crippen molar-refractivity contribution in [3.8, 4) is 17.2 Å². The highest BCUT2D eigenvalue weighted by molar-refractivity contribution is 6.34. The zero-order chi connectivity index (χ0) is 27.4. The van der Waals surface area contributed by atoms with Crippen LogP contribution in [0.3, 0.4) is 0 Å². The van der Waals surface area contributed by atoms with Crippen LogP contribution in [0, 0.1) is 6.92 Å². The van der Waals surface area contributed by atoms with Crippen molar-refractivity contribution in [3.05, 3.63) is 125 Å². The molecule has 0 unspecified atom stereocenters. The fourth-order valence-corrected chi connectivity index (χ4v) is 4.26. The van der Waals surface area contributed by atoms with E-state index >= 15 is 0 Å². The maximum absolute atomic E-state index is 12.8. The Morgan fingerprint density at radius 3 is 2.26 bits per heavy atom. The molecule has 194 valence electrons. The van der Waals surface area contributed by atoms with Crippen LogP contribution in [0.25, 0.3) is 6.08 Å². The predicted octanol–water partition coefficient (Wildman–Crippen LogP) is 6.00. The van der Waals surface area contributed by atoms with Crippen molar-refractivity contribution in [1.82, 2.24) is 0 Å². The van der Waals surface area contributed by atoms with E-state index in [0.717, 1.165) is 16.0 Å². The molecule has 1 aliphatic rings. The molecule has 0 aromatic heterocycles. The minimum Gasteiger partial charge on any atom is -0.493 e. The van der Waals surface area contributed by atoms with Gasteiger partial charge in [0.2, 0.25) is 0 Å². The van der Waals surface area contributed by atoms with Gasteiger partial charge in [-0.1, -0.05) is 48.5 Å². The molecule has 39 heavy (non-hydrogen) atoms. The second kappa shape index (κ2) is 11.1. The number of aryl methyl sites for hydroxylation is 1. The number of benzene rings is 4. The van der Waals surface area contributed by atoms with Crippen molar-refractivity contribution in [2.45, 2.75) is 13.5 Å². The summed E-state index contributed by atoms with van der Waals surface area (Å²) in [6.07, 6.45) is 2.89. The molecule has 0 aliphatic carbocycles. The molecule has 0 N–H and O–H groups in total. The molecule has 1 heterocycles. The number of imide groups is 1. The van der Waals surface area contributed by atoms with Crippen molar-refractivity contribution in [2.75, 3.05) is 12.0 Å². The van der Waals surface area contributed by atoms with E-state index in [1.807, 2.05) is 37.3 Å². The first kappa shape index (κ1) is 25.5. The Kier molecular flexibility index (Phi) is 7.23. The second-order valence-corrected chi connectivity index (χ2v) is 8.87. The standard InChI is InChI=1S/C32H25NO6/c1-21-8-3-4-9-23(21)20-38-28-16-14-22(18-29(28)37-2)15-17-30(34)39-25-11-7-10-24(19-25)33-31(35)26-12-5-6-13-27(26)32(33)36/h3-19H,20H2,1-2H3/b17-15+. The van der Waals surface area contributed by atoms with Gasteiger partial charge in [0.25, 0.3) is 11.8 Å². The Morgan fingerprint density at radius 1 is 0.821 bits per heavy atom. The van der Waals surface area contributed by atoms with E-state index in [4.69, 9.17) is 14.2 Å². The summed E-state index contributed by atoms with van der Waals surface area (Å²) in [4.78, 5) is 39.1. The number of fused-ring (bicyclic) bond motifs is 1. The Bertz CT molecular complexity index is 1570. The highest BCUT2D eigenvalue weighted by Gasteiger charge is 2.36. The maximum atomic E-state index is 12.8. The number of nitrogens with zero attached hydrogens (tertiary/aromatic N) is 1. The number of ether oxygens (including phenoxy) is 3. The Morgan fingerprint density at radius 2 is 1.54 bits per heavy atom. The van der Waals surface area contributed by atoms with Gasteiger partial charge in [0.05, 0.1) is 23.9 Å². The Hall–Kier alpha value is -5.17. The second-order valence-electron chi connectivity index (χ2n) is 8.87. The van der Waals surface area contributed by atoms with Crippen LogP contribution in [-0.2, 0) is 11.4 Å². The molecule has 2 amide bonds. The van der Waals surface area contributed by atoms with Crippen LogP contribution < -0.4 is 19.1 Å². The average Bonchev–Trinajstić information content (AvgIpc) is 3.21. The highest BCUT2D eigenvalue weighted by atomic mass is 16.5. The van der Waals surface area contributed by atoms with E-state index in [2.05, 4.69) is 0 Å². The van der Waals surface area contributed by atoms with Gasteiger partial charge in [0, 0.05) is 12.1 Å². The number of amides is 2. The average molecular weight is 520 g/mol. The first-order valence-electron chi connectivity index (χ1n) is 12.3. The zero-order valence-electron chi connectivity index (χ0n) is 21.4. The molecule has 7 heteroatoms. The molecule has 0 spiro atoms. The first-order chi connectivity index (χ1) is 18.9. The van der Waals surface area contributed by atoms with Crippen molar-refractivity contribution >= 4 is 29.5 Å². The molecule has 0 fully saturated rings. The number of hydrogen-bond acceptors (Lipinski definition) is 6. The SMILES string of the molecule is COc1cc(/C=C/C(=O)Oc2cccc(N3C(=O)c4ccccc4C3=O)c2)ccc1OCc1ccccc1C. The summed E-state index contributed by atoms with van der Waals surface area (Å²) in [5.74, 6) is -0.124. The molecule has 1 aliphatic heterocycles. The van der Waals surface area contributed by atoms with Gasteiger partial charge in [-0.2, -0.15) is 0 Å². The van der Waals surface area contributed by atoms with Crippen molar-refractivity contribution in [3.63, 3.8) is 0 Å². The summed E-state index contributed by atoms with van der Waals surface area (Å²) >= 11 is 0. The third kappa shape index (κ3) is 5.43. The summed E-state index contributed by atoms with van der Waals surface area (Å²) in [6.45, 7) is 2.44. The number of hydrogen-bond donors (Lipinski definition) is 0. The van der Waals surface area contributed by atoms with Crippen molar-refractivity contribution in [1.29, 1.82) is 0 Å². The van der Waals surface area contributed by atoms with Crippen LogP contribution in [0.5, 0.6) is 17.2 Å². The Labute approximate surface area is 225 Å². The molecular formula is C32H25NO6. The Balaban J connectivity index is 1.24. The monoisotopic (exact) mass is 519 g/mol. The predicted molar refractivity (Wildman–Crippen MR) is 147 cm³/mol. The van der Waals surface area contributed by atoms with Crippen LogP contribution in [0.1, 0.15) is 37.4 Å². The van der Waals surface area contributed by atoms with Crippen LogP contribution >= 0.6 is 0 Å². The summed E-state index contributed by atoms with van der Waals surface area (Å²) < 4.78 is 16.9. The van der Waals surface area contributed by atoms with Crippen LogP contribution in [0.4, 0.5) is 5.69 Å². The van der Waals surface area contributed by atoms with Crippen LogP contribution in [0.2, 0.25) is 0 Å². The van der Waals surface area contributed by atoms with Gasteiger partial charge in [0.1, 0.15) is 12.4 Å². The quantitative estimate of drug-likeness (QED) is 0.123. The van der Waals surface area contributed by atoms with Gasteiger partial charge in [-0.25, -0.2) is 9.69 Å². The lowest BCUT2D eigenvalue weighted by Crippen LogP contribution is -2.29. The molecule has 0 saturated carbocycles. The molecular weight excluding hydrogens is 494 g/mol. The molecule has 0 saturated heterocycles. The van der Waals surface area contributed by atoms with E-state index in [9.17, 15) is 14.4 Å². The number of methoxy groups -OCH3 is 1. The fourth-order valence-electron chi connectivity index (χ4n) is 4.26. The van der Waals surface area contributed by atoms with Gasteiger partial charge < -0.3 is 14.2 Å². The minimum atomic E-state index is -0.617. The van der Waals surface area contributed by atoms with Crippen LogP contribution in [0.15, 0.2) is 97.1 Å². The molecule has 4 aromatic carbocycles. The number of anilines is 1. The molecule has 0 radical (unpaired) electrons. The smallest absolute Gasteiger partial charge is 0.336 e. The molecule has 7 nitrogen and oxygen atoms in total. The third-order valence-electron chi connectivity index (χ3n) is 6.33. The molecule has 0 bridgehead atoms. The molecule has 5 rings (SSSR count). The van der Waals surface area contributed by atoms with E-state index < -0.39 is 17.8 Å². The zero-order valence-corrected chi connectivity index (χ0v) is 21.4. The molecule has 0 atom stereocenters. The van der Waals surface area contributed by atoms with E-state index in [1.54, 1.807) is 67.8 Å². The van der Waals surface area contributed by atoms with Gasteiger partial charge >= 0.3 is 5.97 Å².